The molecule has 0 aliphatic carbocycles. The lowest BCUT2D eigenvalue weighted by Crippen LogP contribution is -2.46. The fraction of sp³-hybridized carbons (Fsp3) is 0.929. The number of carbonyl (C=O) groups is 1. The molecule has 1 amide bonds. The first kappa shape index (κ1) is 15.4. The average molecular weight is 255 g/mol. The zero-order valence-corrected chi connectivity index (χ0v) is 12.2. The minimum atomic E-state index is -0.0478. The van der Waals surface area contributed by atoms with E-state index in [1.165, 1.54) is 12.8 Å². The van der Waals surface area contributed by atoms with Crippen molar-refractivity contribution in [3.8, 4) is 0 Å². The van der Waals surface area contributed by atoms with E-state index in [1.54, 1.807) is 0 Å². The summed E-state index contributed by atoms with van der Waals surface area (Å²) in [7, 11) is 2.10. The molecule has 1 N–H and O–H groups in total. The molecule has 0 aromatic carbocycles. The molecule has 1 aliphatic heterocycles. The minimum Gasteiger partial charge on any atom is -0.341 e. The number of rotatable bonds is 6. The van der Waals surface area contributed by atoms with Crippen LogP contribution in [0.15, 0.2) is 0 Å². The van der Waals surface area contributed by atoms with Crippen LogP contribution in [0, 0.1) is 0 Å². The van der Waals surface area contributed by atoms with Crippen molar-refractivity contribution in [1.82, 2.24) is 15.1 Å². The summed E-state index contributed by atoms with van der Waals surface area (Å²) in [4.78, 5) is 16.5. The van der Waals surface area contributed by atoms with E-state index in [1.807, 2.05) is 11.8 Å². The molecule has 1 aliphatic rings. The number of hydrogen-bond acceptors (Lipinski definition) is 3. The smallest absolute Gasteiger partial charge is 0.239 e. The maximum absolute atomic E-state index is 12.2. The van der Waals surface area contributed by atoms with Crippen LogP contribution in [-0.4, -0.2) is 61.5 Å². The van der Waals surface area contributed by atoms with E-state index < -0.39 is 0 Å². The number of likely N-dealkylation sites (tertiary alicyclic amines) is 1. The fourth-order valence-corrected chi connectivity index (χ4v) is 2.28. The van der Waals surface area contributed by atoms with Crippen LogP contribution >= 0.6 is 0 Å². The van der Waals surface area contributed by atoms with Crippen molar-refractivity contribution in [2.45, 2.75) is 45.6 Å². The maximum atomic E-state index is 12.2. The number of nitrogens with zero attached hydrogens (tertiary/aromatic N) is 2. The molecule has 106 valence electrons. The van der Waals surface area contributed by atoms with Gasteiger partial charge in [0.05, 0.1) is 6.04 Å². The van der Waals surface area contributed by atoms with Crippen molar-refractivity contribution in [1.29, 1.82) is 0 Å². The molecule has 1 unspecified atom stereocenters. The molecule has 18 heavy (non-hydrogen) atoms. The second-order valence-electron chi connectivity index (χ2n) is 5.31. The van der Waals surface area contributed by atoms with Gasteiger partial charge in [-0.3, -0.25) is 4.79 Å². The highest BCUT2D eigenvalue weighted by Gasteiger charge is 2.20. The van der Waals surface area contributed by atoms with Crippen LogP contribution < -0.4 is 5.32 Å². The Morgan fingerprint density at radius 3 is 2.44 bits per heavy atom. The Bertz CT molecular complexity index is 237. The van der Waals surface area contributed by atoms with E-state index in [4.69, 9.17) is 0 Å². The summed E-state index contributed by atoms with van der Waals surface area (Å²) in [6, 6.07) is -0.0478. The second-order valence-corrected chi connectivity index (χ2v) is 5.31. The highest BCUT2D eigenvalue weighted by molar-refractivity contribution is 5.81. The van der Waals surface area contributed by atoms with Crippen molar-refractivity contribution in [2.75, 3.05) is 39.8 Å². The van der Waals surface area contributed by atoms with E-state index >= 15 is 0 Å². The first-order valence-electron chi connectivity index (χ1n) is 7.36. The highest BCUT2D eigenvalue weighted by atomic mass is 16.2. The Kier molecular flexibility index (Phi) is 7.28. The lowest BCUT2D eigenvalue weighted by Gasteiger charge is -2.25. The van der Waals surface area contributed by atoms with Gasteiger partial charge in [0.15, 0.2) is 0 Å². The molecule has 0 bridgehead atoms. The van der Waals surface area contributed by atoms with Gasteiger partial charge >= 0.3 is 0 Å². The normalized spacial score (nSPS) is 18.8. The molecule has 1 saturated heterocycles. The van der Waals surface area contributed by atoms with Gasteiger partial charge in [-0.05, 0) is 33.4 Å². The van der Waals surface area contributed by atoms with Gasteiger partial charge in [-0.1, -0.05) is 19.8 Å². The van der Waals surface area contributed by atoms with Crippen LogP contribution in [0.25, 0.3) is 0 Å². The third-order valence-corrected chi connectivity index (χ3v) is 3.77. The molecule has 0 saturated carbocycles. The Hall–Kier alpha value is -0.610. The Labute approximate surface area is 112 Å². The van der Waals surface area contributed by atoms with Crippen LogP contribution in [0.3, 0.4) is 0 Å². The number of nitrogens with one attached hydrogen (secondary N) is 1. The predicted octanol–water partition coefficient (Wildman–Crippen LogP) is 1.32. The lowest BCUT2D eigenvalue weighted by molar-refractivity contribution is -0.133. The van der Waals surface area contributed by atoms with Crippen molar-refractivity contribution in [2.24, 2.45) is 0 Å². The van der Waals surface area contributed by atoms with Gasteiger partial charge in [-0.2, -0.15) is 0 Å². The summed E-state index contributed by atoms with van der Waals surface area (Å²) in [5, 5.41) is 3.33. The number of likely N-dealkylation sites (N-methyl/N-ethyl adjacent to an activating group) is 1. The zero-order valence-electron chi connectivity index (χ0n) is 12.2. The monoisotopic (exact) mass is 255 g/mol. The summed E-state index contributed by atoms with van der Waals surface area (Å²) in [5.41, 5.74) is 0. The highest BCUT2D eigenvalue weighted by Crippen LogP contribution is 2.10. The largest absolute Gasteiger partial charge is 0.341 e. The van der Waals surface area contributed by atoms with Crippen molar-refractivity contribution in [3.05, 3.63) is 0 Å². The lowest BCUT2D eigenvalue weighted by atomic mass is 10.2. The molecule has 0 aromatic heterocycles. The van der Waals surface area contributed by atoms with E-state index in [2.05, 4.69) is 24.2 Å². The average Bonchev–Trinajstić information content (AvgIpc) is 2.66. The second kappa shape index (κ2) is 8.48. The first-order valence-corrected chi connectivity index (χ1v) is 7.36. The fourth-order valence-electron chi connectivity index (χ4n) is 2.28. The minimum absolute atomic E-state index is 0.0478. The van der Waals surface area contributed by atoms with E-state index in [0.29, 0.717) is 0 Å². The standard InChI is InChI=1S/C14H29N3O/c1-4-16(3)12-9-15-13(2)14(18)17-10-7-5-6-8-11-17/h13,15H,4-12H2,1-3H3. The molecule has 0 radical (unpaired) electrons. The SMILES string of the molecule is CCN(C)CCNC(C)C(=O)N1CCCCCC1. The van der Waals surface area contributed by atoms with Gasteiger partial charge in [0, 0.05) is 26.2 Å². The summed E-state index contributed by atoms with van der Waals surface area (Å²) in [6.07, 6.45) is 4.87. The number of amides is 1. The molecular weight excluding hydrogens is 226 g/mol. The molecule has 4 nitrogen and oxygen atoms in total. The summed E-state index contributed by atoms with van der Waals surface area (Å²) in [6.45, 7) is 8.94. The predicted molar refractivity (Wildman–Crippen MR) is 75.7 cm³/mol. The summed E-state index contributed by atoms with van der Waals surface area (Å²) >= 11 is 0. The number of carbonyl (C=O) groups excluding carboxylic acids is 1. The third-order valence-electron chi connectivity index (χ3n) is 3.77. The van der Waals surface area contributed by atoms with Gasteiger partial charge in [-0.25, -0.2) is 0 Å². The summed E-state index contributed by atoms with van der Waals surface area (Å²) in [5.74, 6) is 0.274. The van der Waals surface area contributed by atoms with Crippen LogP contribution in [-0.2, 0) is 4.79 Å². The molecule has 1 fully saturated rings. The topological polar surface area (TPSA) is 35.6 Å². The van der Waals surface area contributed by atoms with Crippen molar-refractivity contribution in [3.63, 3.8) is 0 Å². The molecule has 4 heteroatoms. The molecule has 1 heterocycles. The zero-order chi connectivity index (χ0) is 13.4. The van der Waals surface area contributed by atoms with Gasteiger partial charge in [0.2, 0.25) is 5.91 Å². The molecule has 1 atom stereocenters. The van der Waals surface area contributed by atoms with Crippen LogP contribution in [0.1, 0.15) is 39.5 Å². The Morgan fingerprint density at radius 2 is 1.89 bits per heavy atom. The Morgan fingerprint density at radius 1 is 1.28 bits per heavy atom. The summed E-state index contributed by atoms with van der Waals surface area (Å²) < 4.78 is 0. The van der Waals surface area contributed by atoms with Crippen molar-refractivity contribution < 1.29 is 4.79 Å². The maximum Gasteiger partial charge on any atom is 0.239 e. The molecule has 0 aromatic rings. The third kappa shape index (κ3) is 5.36. The van der Waals surface area contributed by atoms with Gasteiger partial charge in [-0.15, -0.1) is 0 Å². The van der Waals surface area contributed by atoms with Gasteiger partial charge < -0.3 is 15.1 Å². The van der Waals surface area contributed by atoms with E-state index in [9.17, 15) is 4.79 Å². The van der Waals surface area contributed by atoms with E-state index in [0.717, 1.165) is 45.6 Å². The van der Waals surface area contributed by atoms with Crippen LogP contribution in [0.4, 0.5) is 0 Å². The molecule has 0 spiro atoms. The van der Waals surface area contributed by atoms with Gasteiger partial charge in [0.25, 0.3) is 0 Å². The van der Waals surface area contributed by atoms with Crippen molar-refractivity contribution >= 4 is 5.91 Å². The van der Waals surface area contributed by atoms with E-state index in [-0.39, 0.29) is 11.9 Å². The quantitative estimate of drug-likeness (QED) is 0.777. The molecule has 1 rings (SSSR count). The van der Waals surface area contributed by atoms with Crippen LogP contribution in [0.5, 0.6) is 0 Å². The first-order chi connectivity index (χ1) is 8.65. The van der Waals surface area contributed by atoms with Crippen LogP contribution in [0.2, 0.25) is 0 Å². The Balaban J connectivity index is 2.26. The molecular formula is C14H29N3O. The number of hydrogen-bond donors (Lipinski definition) is 1. The van der Waals surface area contributed by atoms with Gasteiger partial charge in [0.1, 0.15) is 0 Å².